The van der Waals surface area contributed by atoms with Crippen molar-refractivity contribution in [2.75, 3.05) is 0 Å². The first-order valence-corrected chi connectivity index (χ1v) is 7.92. The summed E-state index contributed by atoms with van der Waals surface area (Å²) in [5, 5.41) is 11.2. The van der Waals surface area contributed by atoms with Crippen molar-refractivity contribution in [3.8, 4) is 0 Å². The van der Waals surface area contributed by atoms with Crippen LogP contribution in [0.4, 0.5) is 0 Å². The normalized spacial score (nSPS) is 15.7. The molecule has 3 rings (SSSR count). The van der Waals surface area contributed by atoms with E-state index in [9.17, 15) is 4.79 Å². The first kappa shape index (κ1) is 14.1. The van der Waals surface area contributed by atoms with E-state index in [-0.39, 0.29) is 11.2 Å². The Morgan fingerprint density at radius 3 is 2.86 bits per heavy atom. The quantitative estimate of drug-likeness (QED) is 0.830. The van der Waals surface area contributed by atoms with Crippen molar-refractivity contribution in [1.29, 1.82) is 0 Å². The van der Waals surface area contributed by atoms with E-state index < -0.39 is 0 Å². The standard InChI is InChI=1S/C15H17N3O2S/c1-10(14(19)16-12-7-8-12)21-15-18-17-13(20-15)9-11-5-3-2-4-6-11/h2-6,10,12H,7-9H2,1H3,(H,16,19)/t10-/m0/s1. The molecule has 1 fully saturated rings. The zero-order chi connectivity index (χ0) is 14.7. The van der Waals surface area contributed by atoms with Crippen LogP contribution in [0.3, 0.4) is 0 Å². The maximum absolute atomic E-state index is 11.9. The number of aromatic nitrogens is 2. The lowest BCUT2D eigenvalue weighted by atomic mass is 10.2. The number of benzene rings is 1. The Morgan fingerprint density at radius 1 is 1.38 bits per heavy atom. The third-order valence-electron chi connectivity index (χ3n) is 3.22. The van der Waals surface area contributed by atoms with E-state index in [1.54, 1.807) is 0 Å². The summed E-state index contributed by atoms with van der Waals surface area (Å²) in [5.41, 5.74) is 1.12. The summed E-state index contributed by atoms with van der Waals surface area (Å²) >= 11 is 1.30. The molecule has 0 bridgehead atoms. The van der Waals surface area contributed by atoms with Gasteiger partial charge in [-0.3, -0.25) is 4.79 Å². The Labute approximate surface area is 127 Å². The molecule has 0 aliphatic heterocycles. The monoisotopic (exact) mass is 303 g/mol. The van der Waals surface area contributed by atoms with Crippen LogP contribution >= 0.6 is 11.8 Å². The molecule has 1 aliphatic carbocycles. The van der Waals surface area contributed by atoms with Crippen molar-refractivity contribution in [1.82, 2.24) is 15.5 Å². The number of thioether (sulfide) groups is 1. The Balaban J connectivity index is 1.55. The molecule has 1 heterocycles. The van der Waals surface area contributed by atoms with Gasteiger partial charge in [0.1, 0.15) is 0 Å². The zero-order valence-corrected chi connectivity index (χ0v) is 12.6. The van der Waals surface area contributed by atoms with Crippen molar-refractivity contribution in [3.63, 3.8) is 0 Å². The van der Waals surface area contributed by atoms with Gasteiger partial charge in [0, 0.05) is 6.04 Å². The molecule has 0 unspecified atom stereocenters. The first-order chi connectivity index (χ1) is 10.2. The largest absolute Gasteiger partial charge is 0.416 e. The number of hydrogen-bond acceptors (Lipinski definition) is 5. The van der Waals surface area contributed by atoms with E-state index in [4.69, 9.17) is 4.42 Å². The minimum atomic E-state index is -0.226. The van der Waals surface area contributed by atoms with E-state index in [0.717, 1.165) is 18.4 Å². The molecule has 110 valence electrons. The molecule has 6 heteroatoms. The second-order valence-electron chi connectivity index (χ2n) is 5.17. The average Bonchev–Trinajstić information content (AvgIpc) is 3.19. The van der Waals surface area contributed by atoms with E-state index in [2.05, 4.69) is 15.5 Å². The summed E-state index contributed by atoms with van der Waals surface area (Å²) in [7, 11) is 0. The smallest absolute Gasteiger partial charge is 0.277 e. The maximum atomic E-state index is 11.9. The predicted octanol–water partition coefficient (Wildman–Crippen LogP) is 2.42. The fraction of sp³-hybridized carbons (Fsp3) is 0.400. The Kier molecular flexibility index (Phi) is 4.24. The topological polar surface area (TPSA) is 68.0 Å². The van der Waals surface area contributed by atoms with Crippen molar-refractivity contribution in [2.24, 2.45) is 0 Å². The van der Waals surface area contributed by atoms with Gasteiger partial charge >= 0.3 is 0 Å². The molecule has 0 radical (unpaired) electrons. The highest BCUT2D eigenvalue weighted by molar-refractivity contribution is 8.00. The van der Waals surface area contributed by atoms with Crippen LogP contribution in [0.25, 0.3) is 0 Å². The molecular formula is C15H17N3O2S. The number of carbonyl (C=O) groups excluding carboxylic acids is 1. The Hall–Kier alpha value is -1.82. The number of amides is 1. The number of nitrogens with one attached hydrogen (secondary N) is 1. The zero-order valence-electron chi connectivity index (χ0n) is 11.8. The molecule has 1 aliphatic rings. The molecule has 1 saturated carbocycles. The lowest BCUT2D eigenvalue weighted by Gasteiger charge is -2.08. The molecule has 1 N–H and O–H groups in total. The second-order valence-corrected chi connectivity index (χ2v) is 6.46. The highest BCUT2D eigenvalue weighted by atomic mass is 32.2. The van der Waals surface area contributed by atoms with E-state index in [1.807, 2.05) is 37.3 Å². The molecule has 2 aromatic rings. The van der Waals surface area contributed by atoms with E-state index in [0.29, 0.717) is 23.6 Å². The highest BCUT2D eigenvalue weighted by Gasteiger charge is 2.26. The van der Waals surface area contributed by atoms with Crippen molar-refractivity contribution < 1.29 is 9.21 Å². The van der Waals surface area contributed by atoms with Gasteiger partial charge in [-0.2, -0.15) is 0 Å². The van der Waals surface area contributed by atoms with Crippen LogP contribution in [0.15, 0.2) is 40.0 Å². The van der Waals surface area contributed by atoms with Crippen molar-refractivity contribution in [2.45, 2.75) is 42.7 Å². The van der Waals surface area contributed by atoms with Crippen molar-refractivity contribution >= 4 is 17.7 Å². The van der Waals surface area contributed by atoms with Gasteiger partial charge in [-0.05, 0) is 25.3 Å². The fourth-order valence-corrected chi connectivity index (χ4v) is 2.59. The number of hydrogen-bond donors (Lipinski definition) is 1. The summed E-state index contributed by atoms with van der Waals surface area (Å²) < 4.78 is 5.59. The van der Waals surface area contributed by atoms with Crippen molar-refractivity contribution in [3.05, 3.63) is 41.8 Å². The van der Waals surface area contributed by atoms with Gasteiger partial charge in [-0.15, -0.1) is 10.2 Å². The summed E-state index contributed by atoms with van der Waals surface area (Å²) in [4.78, 5) is 11.9. The maximum Gasteiger partial charge on any atom is 0.277 e. The van der Waals surface area contributed by atoms with Crippen LogP contribution in [-0.2, 0) is 11.2 Å². The molecule has 1 atom stereocenters. The number of carbonyl (C=O) groups is 1. The van der Waals surface area contributed by atoms with Crippen LogP contribution in [0.1, 0.15) is 31.2 Å². The average molecular weight is 303 g/mol. The minimum absolute atomic E-state index is 0.0327. The molecule has 1 aromatic carbocycles. The summed E-state index contributed by atoms with van der Waals surface area (Å²) in [5.74, 6) is 0.601. The number of rotatable bonds is 6. The van der Waals surface area contributed by atoms with Gasteiger partial charge in [-0.1, -0.05) is 42.1 Å². The Bertz CT molecular complexity index is 610. The number of nitrogens with zero attached hydrogens (tertiary/aromatic N) is 2. The van der Waals surface area contributed by atoms with Gasteiger partial charge in [-0.25, -0.2) is 0 Å². The molecule has 1 aromatic heterocycles. The van der Waals surface area contributed by atoms with Gasteiger partial charge < -0.3 is 9.73 Å². The highest BCUT2D eigenvalue weighted by Crippen LogP contribution is 2.24. The third-order valence-corrected chi connectivity index (χ3v) is 4.15. The summed E-state index contributed by atoms with van der Waals surface area (Å²) in [6.07, 6.45) is 2.78. The lowest BCUT2D eigenvalue weighted by molar-refractivity contribution is -0.120. The first-order valence-electron chi connectivity index (χ1n) is 7.04. The third kappa shape index (κ3) is 4.07. The van der Waals surface area contributed by atoms with E-state index in [1.165, 1.54) is 11.8 Å². The molecule has 0 spiro atoms. The van der Waals surface area contributed by atoms with Crippen LogP contribution < -0.4 is 5.32 Å². The minimum Gasteiger partial charge on any atom is -0.416 e. The van der Waals surface area contributed by atoms with Gasteiger partial charge in [0.05, 0.1) is 11.7 Å². The fourth-order valence-electron chi connectivity index (χ4n) is 1.88. The molecule has 5 nitrogen and oxygen atoms in total. The molecule has 0 saturated heterocycles. The summed E-state index contributed by atoms with van der Waals surface area (Å²) in [6.45, 7) is 1.85. The SMILES string of the molecule is C[C@H](Sc1nnc(Cc2ccccc2)o1)C(=O)NC1CC1. The van der Waals surface area contributed by atoms with Gasteiger partial charge in [0.2, 0.25) is 11.8 Å². The second kappa shape index (κ2) is 6.30. The predicted molar refractivity (Wildman–Crippen MR) is 80.0 cm³/mol. The molecule has 1 amide bonds. The van der Waals surface area contributed by atoms with Crippen LogP contribution in [0, 0.1) is 0 Å². The van der Waals surface area contributed by atoms with Gasteiger partial charge in [0.25, 0.3) is 5.22 Å². The lowest BCUT2D eigenvalue weighted by Crippen LogP contribution is -2.32. The van der Waals surface area contributed by atoms with Crippen LogP contribution in [-0.4, -0.2) is 27.4 Å². The van der Waals surface area contributed by atoms with E-state index >= 15 is 0 Å². The molecular weight excluding hydrogens is 286 g/mol. The summed E-state index contributed by atoms with van der Waals surface area (Å²) in [6, 6.07) is 10.3. The van der Waals surface area contributed by atoms with Crippen LogP contribution in [0.2, 0.25) is 0 Å². The van der Waals surface area contributed by atoms with Crippen LogP contribution in [0.5, 0.6) is 0 Å². The van der Waals surface area contributed by atoms with Gasteiger partial charge in [0.15, 0.2) is 0 Å². The Morgan fingerprint density at radius 2 is 2.14 bits per heavy atom. The molecule has 21 heavy (non-hydrogen) atoms.